The number of benzene rings is 1. The lowest BCUT2D eigenvalue weighted by Gasteiger charge is -2.38. The second-order valence-corrected chi connectivity index (χ2v) is 8.69. The van der Waals surface area contributed by atoms with Crippen molar-refractivity contribution in [2.45, 2.75) is 32.4 Å². The Morgan fingerprint density at radius 1 is 1.23 bits per heavy atom. The maximum atomic E-state index is 12.5. The molecule has 2 amide bonds. The van der Waals surface area contributed by atoms with Gasteiger partial charge in [0.05, 0.1) is 11.7 Å². The smallest absolute Gasteiger partial charge is 0.252 e. The number of amides is 2. The second kappa shape index (κ2) is 9.58. The number of pyridine rings is 1. The molecule has 0 aliphatic carbocycles. The Morgan fingerprint density at radius 2 is 2.00 bits per heavy atom. The fourth-order valence-electron chi connectivity index (χ4n) is 4.40. The van der Waals surface area contributed by atoms with Gasteiger partial charge in [0.15, 0.2) is 0 Å². The normalized spacial score (nSPS) is 17.5. The molecular formula is C24H30N4O3. The van der Waals surface area contributed by atoms with Gasteiger partial charge in [0.2, 0.25) is 5.91 Å². The highest BCUT2D eigenvalue weighted by molar-refractivity contribution is 5.94. The van der Waals surface area contributed by atoms with Gasteiger partial charge in [0.1, 0.15) is 0 Å². The Bertz CT molecular complexity index is 942. The Labute approximate surface area is 183 Å². The van der Waals surface area contributed by atoms with Crippen LogP contribution in [0.4, 0.5) is 0 Å². The molecule has 0 bridgehead atoms. The van der Waals surface area contributed by atoms with Crippen molar-refractivity contribution in [3.8, 4) is 0 Å². The molecule has 1 aromatic carbocycles. The van der Waals surface area contributed by atoms with Crippen LogP contribution in [0.15, 0.2) is 42.7 Å². The molecule has 0 spiro atoms. The van der Waals surface area contributed by atoms with Crippen molar-refractivity contribution >= 4 is 11.8 Å². The number of fused-ring (bicyclic) bond motifs is 1. The molecule has 4 rings (SSSR count). The van der Waals surface area contributed by atoms with Gasteiger partial charge >= 0.3 is 0 Å². The summed E-state index contributed by atoms with van der Waals surface area (Å²) in [5.41, 5.74) is 4.18. The van der Waals surface area contributed by atoms with E-state index < -0.39 is 6.10 Å². The minimum atomic E-state index is -0.627. The number of hydrogen-bond acceptors (Lipinski definition) is 5. The third-order valence-electron chi connectivity index (χ3n) is 6.16. The average Bonchev–Trinajstić information content (AvgIpc) is 2.74. The van der Waals surface area contributed by atoms with Crippen molar-refractivity contribution in [2.75, 3.05) is 32.7 Å². The van der Waals surface area contributed by atoms with Crippen LogP contribution in [0.1, 0.15) is 34.0 Å². The number of hydrogen-bond donors (Lipinski definition) is 2. The maximum Gasteiger partial charge on any atom is 0.252 e. The number of aliphatic hydroxyl groups is 1. The molecule has 2 N–H and O–H groups in total. The van der Waals surface area contributed by atoms with Gasteiger partial charge in [-0.25, -0.2) is 0 Å². The zero-order valence-corrected chi connectivity index (χ0v) is 18.0. The van der Waals surface area contributed by atoms with E-state index in [4.69, 9.17) is 0 Å². The predicted octanol–water partition coefficient (Wildman–Crippen LogP) is 1.25. The number of carbonyl (C=O) groups excluding carboxylic acids is 2. The third kappa shape index (κ3) is 5.48. The molecule has 3 heterocycles. The summed E-state index contributed by atoms with van der Waals surface area (Å²) in [5, 5.41) is 13.3. The third-order valence-corrected chi connectivity index (χ3v) is 6.16. The molecule has 1 fully saturated rings. The summed E-state index contributed by atoms with van der Waals surface area (Å²) in [6.45, 7) is 5.59. The van der Waals surface area contributed by atoms with Crippen molar-refractivity contribution in [3.63, 3.8) is 0 Å². The number of carbonyl (C=O) groups is 2. The molecule has 1 atom stereocenters. The lowest BCUT2D eigenvalue weighted by Crippen LogP contribution is -2.49. The summed E-state index contributed by atoms with van der Waals surface area (Å²) in [5.74, 6) is 0.298. The lowest BCUT2D eigenvalue weighted by molar-refractivity contribution is -0.134. The number of aromatic nitrogens is 1. The molecule has 2 aromatic rings. The molecule has 2 aliphatic rings. The van der Waals surface area contributed by atoms with Gasteiger partial charge in [-0.15, -0.1) is 0 Å². The minimum Gasteiger partial charge on any atom is -0.390 e. The number of nitrogens with one attached hydrogen (secondary N) is 1. The Hall–Kier alpha value is -2.77. The summed E-state index contributed by atoms with van der Waals surface area (Å²) in [6, 6.07) is 10.3. The van der Waals surface area contributed by atoms with Crippen LogP contribution < -0.4 is 5.32 Å². The van der Waals surface area contributed by atoms with Crippen LogP contribution in [0.2, 0.25) is 0 Å². The van der Waals surface area contributed by atoms with E-state index in [9.17, 15) is 14.7 Å². The largest absolute Gasteiger partial charge is 0.390 e. The van der Waals surface area contributed by atoms with E-state index in [1.165, 1.54) is 11.1 Å². The number of rotatable bonds is 7. The van der Waals surface area contributed by atoms with Gasteiger partial charge in [-0.3, -0.25) is 19.5 Å². The highest BCUT2D eigenvalue weighted by Crippen LogP contribution is 2.21. The van der Waals surface area contributed by atoms with Gasteiger partial charge in [0, 0.05) is 58.6 Å². The van der Waals surface area contributed by atoms with Gasteiger partial charge < -0.3 is 15.3 Å². The summed E-state index contributed by atoms with van der Waals surface area (Å²) in [7, 11) is 0. The van der Waals surface area contributed by atoms with E-state index >= 15 is 0 Å². The number of aliphatic hydroxyl groups excluding tert-OH is 1. The first-order valence-electron chi connectivity index (χ1n) is 10.9. The van der Waals surface area contributed by atoms with E-state index in [2.05, 4.69) is 33.4 Å². The van der Waals surface area contributed by atoms with Crippen LogP contribution in [-0.4, -0.2) is 70.5 Å². The first-order chi connectivity index (χ1) is 15.0. The van der Waals surface area contributed by atoms with Crippen LogP contribution in [0, 0.1) is 5.92 Å². The molecule has 0 saturated carbocycles. The molecule has 0 unspecified atom stereocenters. The molecule has 1 aromatic heterocycles. The first kappa shape index (κ1) is 21.5. The number of nitrogens with zero attached hydrogens (tertiary/aromatic N) is 3. The van der Waals surface area contributed by atoms with E-state index in [0.29, 0.717) is 18.0 Å². The Morgan fingerprint density at radius 3 is 2.77 bits per heavy atom. The molecule has 7 heteroatoms. The van der Waals surface area contributed by atoms with E-state index in [1.54, 1.807) is 19.3 Å². The van der Waals surface area contributed by atoms with Gasteiger partial charge in [-0.05, 0) is 41.5 Å². The summed E-state index contributed by atoms with van der Waals surface area (Å²) in [4.78, 5) is 32.1. The highest BCUT2D eigenvalue weighted by Gasteiger charge is 2.28. The summed E-state index contributed by atoms with van der Waals surface area (Å²) >= 11 is 0. The first-order valence-corrected chi connectivity index (χ1v) is 10.9. The van der Waals surface area contributed by atoms with Crippen molar-refractivity contribution in [2.24, 2.45) is 5.92 Å². The molecule has 164 valence electrons. The Balaban J connectivity index is 1.23. The molecule has 2 aliphatic heterocycles. The van der Waals surface area contributed by atoms with Crippen LogP contribution in [0.25, 0.3) is 0 Å². The minimum absolute atomic E-state index is 0.106. The standard InChI is InChI=1S/C24H30N4O3/c1-17(29)28-13-19(14-28)8-18-9-22(11-25-10-18)24(31)26-12-23(30)16-27-7-6-20-4-2-3-5-21(20)15-27/h2-5,9-11,19,23,30H,6-8,12-16H2,1H3,(H,26,31)/t23-/m0/s1. The Kier molecular flexibility index (Phi) is 6.63. The zero-order valence-electron chi connectivity index (χ0n) is 18.0. The SMILES string of the molecule is CC(=O)N1CC(Cc2cncc(C(=O)NC[C@H](O)CN3CCc4ccccc4C3)c2)C1. The van der Waals surface area contributed by atoms with Crippen molar-refractivity contribution < 1.29 is 14.7 Å². The van der Waals surface area contributed by atoms with E-state index in [1.807, 2.05) is 17.0 Å². The molecule has 1 saturated heterocycles. The zero-order chi connectivity index (χ0) is 21.8. The van der Waals surface area contributed by atoms with Gasteiger partial charge in [0.25, 0.3) is 5.91 Å². The van der Waals surface area contributed by atoms with Crippen LogP contribution >= 0.6 is 0 Å². The topological polar surface area (TPSA) is 85.8 Å². The summed E-state index contributed by atoms with van der Waals surface area (Å²) in [6.07, 6.45) is 4.49. The van der Waals surface area contributed by atoms with Gasteiger partial charge in [-0.1, -0.05) is 24.3 Å². The fraction of sp³-hybridized carbons (Fsp3) is 0.458. The van der Waals surface area contributed by atoms with Gasteiger partial charge in [-0.2, -0.15) is 0 Å². The lowest BCUT2D eigenvalue weighted by atomic mass is 9.92. The van der Waals surface area contributed by atoms with E-state index in [0.717, 1.165) is 44.6 Å². The van der Waals surface area contributed by atoms with Crippen molar-refractivity contribution in [1.29, 1.82) is 0 Å². The fourth-order valence-corrected chi connectivity index (χ4v) is 4.40. The van der Waals surface area contributed by atoms with E-state index in [-0.39, 0.29) is 18.4 Å². The quantitative estimate of drug-likeness (QED) is 0.702. The molecule has 0 radical (unpaired) electrons. The predicted molar refractivity (Wildman–Crippen MR) is 117 cm³/mol. The molecule has 31 heavy (non-hydrogen) atoms. The van der Waals surface area contributed by atoms with Crippen LogP contribution in [0.5, 0.6) is 0 Å². The average molecular weight is 423 g/mol. The number of likely N-dealkylation sites (tertiary alicyclic amines) is 1. The second-order valence-electron chi connectivity index (χ2n) is 8.69. The van der Waals surface area contributed by atoms with Crippen LogP contribution in [0.3, 0.4) is 0 Å². The highest BCUT2D eigenvalue weighted by atomic mass is 16.3. The number of β-amino-alcohol motifs (C(OH)–C–C–N with tert-alkyl or cyclic N) is 1. The van der Waals surface area contributed by atoms with Crippen molar-refractivity contribution in [1.82, 2.24) is 20.1 Å². The van der Waals surface area contributed by atoms with Crippen LogP contribution in [-0.2, 0) is 24.2 Å². The monoisotopic (exact) mass is 422 g/mol. The molecule has 7 nitrogen and oxygen atoms in total. The maximum absolute atomic E-state index is 12.5. The summed E-state index contributed by atoms with van der Waals surface area (Å²) < 4.78 is 0. The molecular weight excluding hydrogens is 392 g/mol. The van der Waals surface area contributed by atoms with Crippen molar-refractivity contribution in [3.05, 3.63) is 65.0 Å².